The van der Waals surface area contributed by atoms with Crippen molar-refractivity contribution >= 4 is 17.8 Å². The zero-order valence-electron chi connectivity index (χ0n) is 21.3. The van der Waals surface area contributed by atoms with Gasteiger partial charge in [-0.3, -0.25) is 9.59 Å². The maximum absolute atomic E-state index is 13.3. The van der Waals surface area contributed by atoms with Gasteiger partial charge in [0.1, 0.15) is 0 Å². The molecule has 186 valence electrons. The number of likely N-dealkylation sites (N-methyl/N-ethyl adjacent to an activating group) is 1. The lowest BCUT2D eigenvalue weighted by atomic mass is 9.81. The summed E-state index contributed by atoms with van der Waals surface area (Å²) in [5, 5.41) is 2.91. The van der Waals surface area contributed by atoms with Crippen LogP contribution in [0.2, 0.25) is 0 Å². The predicted octanol–water partition coefficient (Wildman–Crippen LogP) is 3.64. The molecule has 0 spiro atoms. The molecule has 1 aliphatic rings. The molecule has 1 unspecified atom stereocenters. The summed E-state index contributed by atoms with van der Waals surface area (Å²) in [5.74, 6) is -0.972. The minimum Gasteiger partial charge on any atom is -0.463 e. The summed E-state index contributed by atoms with van der Waals surface area (Å²) >= 11 is 0. The highest BCUT2D eigenvalue weighted by atomic mass is 16.5. The van der Waals surface area contributed by atoms with Crippen LogP contribution in [0, 0.1) is 6.92 Å². The third-order valence-corrected chi connectivity index (χ3v) is 6.26. The molecule has 0 saturated heterocycles. The van der Waals surface area contributed by atoms with Crippen molar-refractivity contribution in [2.45, 2.75) is 39.7 Å². The third-order valence-electron chi connectivity index (χ3n) is 6.26. The van der Waals surface area contributed by atoms with E-state index in [0.29, 0.717) is 23.4 Å². The maximum Gasteiger partial charge on any atom is 0.336 e. The van der Waals surface area contributed by atoms with Crippen LogP contribution in [-0.2, 0) is 20.9 Å². The minimum absolute atomic E-state index is 0.0651. The highest BCUT2D eigenvalue weighted by Crippen LogP contribution is 2.38. The Morgan fingerprint density at radius 2 is 1.86 bits per heavy atom. The van der Waals surface area contributed by atoms with E-state index in [1.807, 2.05) is 62.3 Å². The van der Waals surface area contributed by atoms with E-state index in [1.54, 1.807) is 30.9 Å². The van der Waals surface area contributed by atoms with Crippen molar-refractivity contribution in [1.29, 1.82) is 0 Å². The molecule has 1 N–H and O–H groups in total. The van der Waals surface area contributed by atoms with E-state index < -0.39 is 5.97 Å². The van der Waals surface area contributed by atoms with Crippen LogP contribution in [-0.4, -0.2) is 61.4 Å². The minimum atomic E-state index is -0.398. The molecule has 0 bridgehead atoms. The van der Waals surface area contributed by atoms with Gasteiger partial charge in [0.05, 0.1) is 18.7 Å². The van der Waals surface area contributed by atoms with Gasteiger partial charge < -0.3 is 19.9 Å². The number of rotatable bonds is 9. The highest BCUT2D eigenvalue weighted by Gasteiger charge is 2.37. The van der Waals surface area contributed by atoms with Gasteiger partial charge >= 0.3 is 5.97 Å². The fourth-order valence-electron chi connectivity index (χ4n) is 4.41. The zero-order valence-corrected chi connectivity index (χ0v) is 21.3. The van der Waals surface area contributed by atoms with Crippen molar-refractivity contribution in [1.82, 2.24) is 15.1 Å². The van der Waals surface area contributed by atoms with Crippen LogP contribution in [0.25, 0.3) is 0 Å². The average molecular weight is 478 g/mol. The predicted molar refractivity (Wildman–Crippen MR) is 136 cm³/mol. The van der Waals surface area contributed by atoms with Crippen LogP contribution in [0.5, 0.6) is 0 Å². The van der Waals surface area contributed by atoms with E-state index in [2.05, 4.69) is 5.32 Å². The van der Waals surface area contributed by atoms with Crippen LogP contribution in [0.3, 0.4) is 0 Å². The number of nitrogens with zero attached hydrogens (tertiary/aromatic N) is 2. The summed E-state index contributed by atoms with van der Waals surface area (Å²) in [6.45, 7) is 7.38. The van der Waals surface area contributed by atoms with Gasteiger partial charge in [0.25, 0.3) is 5.91 Å². The Balaban J connectivity index is 1.90. The molecular formula is C28H35N3O4. The first-order valence-corrected chi connectivity index (χ1v) is 12.0. The molecular weight excluding hydrogens is 442 g/mol. The van der Waals surface area contributed by atoms with E-state index in [4.69, 9.17) is 4.74 Å². The molecule has 0 saturated carbocycles. The molecule has 0 aliphatic carbocycles. The summed E-state index contributed by atoms with van der Waals surface area (Å²) in [5.41, 5.74) is 4.44. The average Bonchev–Trinajstić information content (AvgIpc) is 2.81. The first kappa shape index (κ1) is 26.2. The number of nitrogens with one attached hydrogen (secondary N) is 1. The van der Waals surface area contributed by atoms with Crippen molar-refractivity contribution in [2.24, 2.45) is 0 Å². The molecule has 2 aromatic rings. The summed E-state index contributed by atoms with van der Waals surface area (Å²) in [6.07, 6.45) is 0.182. The van der Waals surface area contributed by atoms with Crippen LogP contribution in [0.15, 0.2) is 59.8 Å². The molecule has 2 aromatic carbocycles. The first-order valence-electron chi connectivity index (χ1n) is 12.0. The molecule has 7 nitrogen and oxygen atoms in total. The normalized spacial score (nSPS) is 16.0. The highest BCUT2D eigenvalue weighted by molar-refractivity contribution is 5.96. The SMILES string of the molecule is CCOC(=O)C1=C(C)N(Cc2cccc(C(=O)NCCN(C)C)c2)C(=O)CC1c1ccccc1C. The maximum atomic E-state index is 13.3. The monoisotopic (exact) mass is 477 g/mol. The Kier molecular flexibility index (Phi) is 8.82. The van der Waals surface area contributed by atoms with Crippen LogP contribution >= 0.6 is 0 Å². The number of esters is 1. The Morgan fingerprint density at radius 3 is 2.54 bits per heavy atom. The fourth-order valence-corrected chi connectivity index (χ4v) is 4.41. The van der Waals surface area contributed by atoms with Crippen molar-refractivity contribution in [3.63, 3.8) is 0 Å². The standard InChI is InChI=1S/C28H35N3O4/c1-6-35-28(34)26-20(3)31(25(32)17-24(26)23-13-8-7-10-19(23)2)18-21-11-9-12-22(16-21)27(33)29-14-15-30(4)5/h7-13,16,24H,6,14-15,17-18H2,1-5H3,(H,29,33). The number of benzene rings is 2. The van der Waals surface area contributed by atoms with Crippen molar-refractivity contribution in [3.8, 4) is 0 Å². The Morgan fingerprint density at radius 1 is 1.11 bits per heavy atom. The molecule has 0 fully saturated rings. The smallest absolute Gasteiger partial charge is 0.336 e. The van der Waals surface area contributed by atoms with Crippen molar-refractivity contribution < 1.29 is 19.1 Å². The first-order chi connectivity index (χ1) is 16.7. The molecule has 35 heavy (non-hydrogen) atoms. The molecule has 1 heterocycles. The lowest BCUT2D eigenvalue weighted by Gasteiger charge is -2.35. The summed E-state index contributed by atoms with van der Waals surface area (Å²) in [6, 6.07) is 15.1. The van der Waals surface area contributed by atoms with E-state index in [9.17, 15) is 14.4 Å². The Labute approximate surface area is 207 Å². The van der Waals surface area contributed by atoms with Crippen LogP contribution < -0.4 is 5.32 Å². The van der Waals surface area contributed by atoms with Crippen molar-refractivity contribution in [3.05, 3.63) is 82.1 Å². The van der Waals surface area contributed by atoms with Gasteiger partial charge in [-0.2, -0.15) is 0 Å². The van der Waals surface area contributed by atoms with Gasteiger partial charge in [-0.15, -0.1) is 0 Å². The van der Waals surface area contributed by atoms with Gasteiger partial charge in [-0.25, -0.2) is 4.79 Å². The van der Waals surface area contributed by atoms with E-state index >= 15 is 0 Å². The van der Waals surface area contributed by atoms with Gasteiger partial charge in [-0.1, -0.05) is 36.4 Å². The zero-order chi connectivity index (χ0) is 25.5. The number of hydrogen-bond donors (Lipinski definition) is 1. The Hall–Kier alpha value is -3.45. The molecule has 2 amide bonds. The second kappa shape index (κ2) is 11.8. The topological polar surface area (TPSA) is 79.0 Å². The number of carbonyl (C=O) groups is 3. The van der Waals surface area contributed by atoms with Gasteiger partial charge in [0, 0.05) is 36.7 Å². The quantitative estimate of drug-likeness (QED) is 0.558. The fraction of sp³-hybridized carbons (Fsp3) is 0.393. The lowest BCUT2D eigenvalue weighted by molar-refractivity contribution is -0.140. The van der Waals surface area contributed by atoms with Gasteiger partial charge in [-0.05, 0) is 63.7 Å². The largest absolute Gasteiger partial charge is 0.463 e. The van der Waals surface area contributed by atoms with E-state index in [-0.39, 0.29) is 37.3 Å². The molecule has 3 rings (SSSR count). The number of hydrogen-bond acceptors (Lipinski definition) is 5. The number of ether oxygens (including phenoxy) is 1. The lowest BCUT2D eigenvalue weighted by Crippen LogP contribution is -2.38. The number of amides is 2. The summed E-state index contributed by atoms with van der Waals surface area (Å²) < 4.78 is 5.39. The Bertz CT molecular complexity index is 1120. The summed E-state index contributed by atoms with van der Waals surface area (Å²) in [4.78, 5) is 42.5. The molecule has 1 atom stereocenters. The van der Waals surface area contributed by atoms with Gasteiger partial charge in [0.15, 0.2) is 0 Å². The van der Waals surface area contributed by atoms with Gasteiger partial charge in [0.2, 0.25) is 5.91 Å². The molecule has 7 heteroatoms. The number of allylic oxidation sites excluding steroid dienone is 1. The summed E-state index contributed by atoms with van der Waals surface area (Å²) in [7, 11) is 3.90. The number of carbonyl (C=O) groups excluding carboxylic acids is 3. The molecule has 0 aromatic heterocycles. The molecule has 0 radical (unpaired) electrons. The molecule has 1 aliphatic heterocycles. The second-order valence-corrected chi connectivity index (χ2v) is 9.07. The van der Waals surface area contributed by atoms with E-state index in [0.717, 1.165) is 23.2 Å². The van der Waals surface area contributed by atoms with E-state index in [1.165, 1.54) is 0 Å². The number of aryl methyl sites for hydroxylation is 1. The van der Waals surface area contributed by atoms with Crippen LogP contribution in [0.1, 0.15) is 53.2 Å². The third kappa shape index (κ3) is 6.36. The van der Waals surface area contributed by atoms with Crippen LogP contribution in [0.4, 0.5) is 0 Å². The van der Waals surface area contributed by atoms with Crippen molar-refractivity contribution in [2.75, 3.05) is 33.8 Å². The second-order valence-electron chi connectivity index (χ2n) is 9.07.